The quantitative estimate of drug-likeness (QED) is 0.332. The molecule has 2 aromatic rings. The van der Waals surface area contributed by atoms with Gasteiger partial charge in [0.2, 0.25) is 0 Å². The van der Waals surface area contributed by atoms with Gasteiger partial charge in [0.15, 0.2) is 39.7 Å². The SMILES string of the molecule is CCOC(=O)c1c(F)c(F)c(F)c(S(=O)(=O)Nc2ccc(OC)c(F)c2)c1F. The number of esters is 1. The van der Waals surface area contributed by atoms with Crippen LogP contribution in [0.3, 0.4) is 0 Å². The molecule has 152 valence electrons. The molecule has 28 heavy (non-hydrogen) atoms. The molecule has 0 atom stereocenters. The van der Waals surface area contributed by atoms with Crippen molar-refractivity contribution >= 4 is 21.7 Å². The number of sulfonamides is 1. The summed E-state index contributed by atoms with van der Waals surface area (Å²) in [5.41, 5.74) is -2.22. The monoisotopic (exact) mass is 425 g/mol. The number of carbonyl (C=O) groups is 1. The summed E-state index contributed by atoms with van der Waals surface area (Å²) < 4.78 is 105. The summed E-state index contributed by atoms with van der Waals surface area (Å²) in [5, 5.41) is 0. The molecule has 0 saturated heterocycles. The summed E-state index contributed by atoms with van der Waals surface area (Å²) >= 11 is 0. The van der Waals surface area contributed by atoms with Gasteiger partial charge in [-0.1, -0.05) is 0 Å². The third-order valence-electron chi connectivity index (χ3n) is 3.38. The van der Waals surface area contributed by atoms with Crippen molar-refractivity contribution < 1.29 is 44.6 Å². The maximum absolute atomic E-state index is 14.5. The lowest BCUT2D eigenvalue weighted by molar-refractivity contribution is 0.0512. The van der Waals surface area contributed by atoms with Crippen LogP contribution in [0.1, 0.15) is 17.3 Å². The van der Waals surface area contributed by atoms with Crippen molar-refractivity contribution in [2.45, 2.75) is 11.8 Å². The second-order valence-corrected chi connectivity index (χ2v) is 6.75. The first-order valence-corrected chi connectivity index (χ1v) is 8.92. The van der Waals surface area contributed by atoms with Gasteiger partial charge in [0.25, 0.3) is 10.0 Å². The van der Waals surface area contributed by atoms with E-state index >= 15 is 0 Å². The summed E-state index contributed by atoms with van der Waals surface area (Å²) in [7, 11) is -4.10. The van der Waals surface area contributed by atoms with Crippen LogP contribution in [0.4, 0.5) is 27.6 Å². The van der Waals surface area contributed by atoms with Crippen LogP contribution in [0.5, 0.6) is 5.75 Å². The number of rotatable bonds is 6. The fraction of sp³-hybridized carbons (Fsp3) is 0.188. The number of ether oxygens (including phenoxy) is 2. The zero-order chi connectivity index (χ0) is 21.2. The highest BCUT2D eigenvalue weighted by atomic mass is 32.2. The Bertz CT molecular complexity index is 1040. The predicted octanol–water partition coefficient (Wildman–Crippen LogP) is 3.37. The Balaban J connectivity index is 2.62. The van der Waals surface area contributed by atoms with Crippen molar-refractivity contribution in [3.8, 4) is 5.75 Å². The zero-order valence-corrected chi connectivity index (χ0v) is 15.1. The van der Waals surface area contributed by atoms with E-state index < -0.39 is 61.2 Å². The number of hydrogen-bond acceptors (Lipinski definition) is 5. The van der Waals surface area contributed by atoms with Crippen molar-refractivity contribution in [2.75, 3.05) is 18.4 Å². The molecule has 0 spiro atoms. The molecule has 12 heteroatoms. The van der Waals surface area contributed by atoms with Crippen molar-refractivity contribution in [3.05, 3.63) is 52.8 Å². The Morgan fingerprint density at radius 3 is 2.21 bits per heavy atom. The number of halogens is 5. The molecule has 6 nitrogen and oxygen atoms in total. The number of carbonyl (C=O) groups excluding carboxylic acids is 1. The van der Waals surface area contributed by atoms with E-state index in [4.69, 9.17) is 0 Å². The van der Waals surface area contributed by atoms with Crippen LogP contribution in [0.15, 0.2) is 23.1 Å². The first-order chi connectivity index (χ1) is 13.0. The summed E-state index contributed by atoms with van der Waals surface area (Å²) in [6, 6.07) is 2.62. The largest absolute Gasteiger partial charge is 0.494 e. The summed E-state index contributed by atoms with van der Waals surface area (Å²) in [4.78, 5) is 9.67. The van der Waals surface area contributed by atoms with Gasteiger partial charge in [0, 0.05) is 6.07 Å². The van der Waals surface area contributed by atoms with Gasteiger partial charge in [0.1, 0.15) is 5.56 Å². The third-order valence-corrected chi connectivity index (χ3v) is 4.78. The lowest BCUT2D eigenvalue weighted by atomic mass is 10.2. The molecular weight excluding hydrogens is 413 g/mol. The number of benzene rings is 2. The van der Waals surface area contributed by atoms with Crippen LogP contribution in [-0.2, 0) is 14.8 Å². The second-order valence-electron chi connectivity index (χ2n) is 5.14. The van der Waals surface area contributed by atoms with Gasteiger partial charge >= 0.3 is 5.97 Å². The zero-order valence-electron chi connectivity index (χ0n) is 14.3. The summed E-state index contributed by atoms with van der Waals surface area (Å²) in [6.07, 6.45) is 0. The number of nitrogens with one attached hydrogen (secondary N) is 1. The third kappa shape index (κ3) is 3.86. The molecule has 0 bridgehead atoms. The van der Waals surface area contributed by atoms with Gasteiger partial charge in [-0.05, 0) is 19.1 Å². The molecule has 0 aliphatic carbocycles. The molecule has 0 aromatic heterocycles. The topological polar surface area (TPSA) is 81.7 Å². The van der Waals surface area contributed by atoms with Crippen molar-refractivity contribution in [3.63, 3.8) is 0 Å². The van der Waals surface area contributed by atoms with E-state index in [0.717, 1.165) is 19.2 Å². The van der Waals surface area contributed by atoms with Crippen LogP contribution in [-0.4, -0.2) is 28.1 Å². The van der Waals surface area contributed by atoms with Crippen LogP contribution >= 0.6 is 0 Å². The van der Waals surface area contributed by atoms with Gasteiger partial charge in [-0.3, -0.25) is 4.72 Å². The van der Waals surface area contributed by atoms with E-state index in [1.807, 2.05) is 0 Å². The van der Waals surface area contributed by atoms with E-state index in [0.29, 0.717) is 6.07 Å². The van der Waals surface area contributed by atoms with E-state index in [9.17, 15) is 35.2 Å². The van der Waals surface area contributed by atoms with Crippen molar-refractivity contribution in [1.29, 1.82) is 0 Å². The summed E-state index contributed by atoms with van der Waals surface area (Å²) in [5.74, 6) is -12.2. The molecule has 0 fully saturated rings. The van der Waals surface area contributed by atoms with Gasteiger partial charge in [-0.15, -0.1) is 0 Å². The highest BCUT2D eigenvalue weighted by Gasteiger charge is 2.36. The molecule has 2 rings (SSSR count). The molecule has 0 amide bonds. The maximum atomic E-state index is 14.5. The van der Waals surface area contributed by atoms with Gasteiger partial charge < -0.3 is 9.47 Å². The number of anilines is 1. The minimum atomic E-state index is -5.24. The van der Waals surface area contributed by atoms with E-state index in [-0.39, 0.29) is 12.4 Å². The Kier molecular flexibility index (Phi) is 6.12. The smallest absolute Gasteiger partial charge is 0.344 e. The molecule has 0 aliphatic heterocycles. The molecular formula is C16H12F5NO5S. The maximum Gasteiger partial charge on any atom is 0.344 e. The highest BCUT2D eigenvalue weighted by molar-refractivity contribution is 7.92. The Hall–Kier alpha value is -2.89. The van der Waals surface area contributed by atoms with Crippen molar-refractivity contribution in [1.82, 2.24) is 0 Å². The summed E-state index contributed by atoms with van der Waals surface area (Å²) in [6.45, 7) is 0.896. The predicted molar refractivity (Wildman–Crippen MR) is 86.0 cm³/mol. The Labute approximate surface area is 155 Å². The van der Waals surface area contributed by atoms with E-state index in [2.05, 4.69) is 9.47 Å². The van der Waals surface area contributed by atoms with Gasteiger partial charge in [-0.25, -0.2) is 35.2 Å². The first-order valence-electron chi connectivity index (χ1n) is 7.44. The molecule has 2 aromatic carbocycles. The minimum Gasteiger partial charge on any atom is -0.494 e. The second kappa shape index (κ2) is 8.00. The molecule has 0 saturated carbocycles. The van der Waals surface area contributed by atoms with Gasteiger partial charge in [-0.2, -0.15) is 0 Å². The van der Waals surface area contributed by atoms with E-state index in [1.54, 1.807) is 4.72 Å². The Morgan fingerprint density at radius 1 is 1.04 bits per heavy atom. The van der Waals surface area contributed by atoms with E-state index in [1.165, 1.54) is 6.92 Å². The molecule has 0 unspecified atom stereocenters. The van der Waals surface area contributed by atoms with Crippen molar-refractivity contribution in [2.24, 2.45) is 0 Å². The average molecular weight is 425 g/mol. The van der Waals surface area contributed by atoms with Crippen LogP contribution in [0.2, 0.25) is 0 Å². The standard InChI is InChI=1S/C16H12F5NO5S/c1-3-27-16(23)10-11(18)13(20)14(21)15(12(10)19)28(24,25)22-7-4-5-9(26-2)8(17)6-7/h4-6,22H,3H2,1-2H3. The first kappa shape index (κ1) is 21.4. The average Bonchev–Trinajstić information content (AvgIpc) is 2.60. The lowest BCUT2D eigenvalue weighted by Crippen LogP contribution is -2.22. The molecule has 1 N–H and O–H groups in total. The number of hydrogen-bond donors (Lipinski definition) is 1. The van der Waals surface area contributed by atoms with Crippen LogP contribution < -0.4 is 9.46 Å². The molecule has 0 aliphatic rings. The fourth-order valence-electron chi connectivity index (χ4n) is 2.17. The van der Waals surface area contributed by atoms with Crippen LogP contribution in [0, 0.1) is 29.1 Å². The molecule has 0 heterocycles. The minimum absolute atomic E-state index is 0.252. The lowest BCUT2D eigenvalue weighted by Gasteiger charge is -2.14. The molecule has 0 radical (unpaired) electrons. The number of methoxy groups -OCH3 is 1. The van der Waals surface area contributed by atoms with Crippen LogP contribution in [0.25, 0.3) is 0 Å². The Morgan fingerprint density at radius 2 is 1.68 bits per heavy atom. The normalized spacial score (nSPS) is 11.2. The fourth-order valence-corrected chi connectivity index (χ4v) is 3.37. The van der Waals surface area contributed by atoms with Gasteiger partial charge in [0.05, 0.1) is 19.4 Å². The highest BCUT2D eigenvalue weighted by Crippen LogP contribution is 2.30.